The van der Waals surface area contributed by atoms with Crippen LogP contribution in [0.15, 0.2) is 36.9 Å². The molecule has 1 aromatic rings. The zero-order valence-corrected chi connectivity index (χ0v) is 10.5. The van der Waals surface area contributed by atoms with E-state index >= 15 is 0 Å². The minimum atomic E-state index is 0.559. The molecule has 0 saturated heterocycles. The number of hydrogen-bond acceptors (Lipinski definition) is 1. The molecular weight excluding hydrogens is 194 g/mol. The van der Waals surface area contributed by atoms with Crippen molar-refractivity contribution in [1.82, 2.24) is 5.32 Å². The van der Waals surface area contributed by atoms with E-state index in [9.17, 15) is 0 Å². The third-order valence-electron chi connectivity index (χ3n) is 2.89. The van der Waals surface area contributed by atoms with E-state index in [-0.39, 0.29) is 0 Å². The van der Waals surface area contributed by atoms with Gasteiger partial charge in [0.1, 0.15) is 0 Å². The molecule has 1 atom stereocenters. The average Bonchev–Trinajstić information content (AvgIpc) is 2.34. The molecule has 0 aromatic heterocycles. The van der Waals surface area contributed by atoms with Crippen LogP contribution in [0.3, 0.4) is 0 Å². The van der Waals surface area contributed by atoms with Crippen molar-refractivity contribution in [2.75, 3.05) is 0 Å². The van der Waals surface area contributed by atoms with E-state index in [2.05, 4.69) is 50.0 Å². The van der Waals surface area contributed by atoms with Gasteiger partial charge in [0.25, 0.3) is 0 Å². The maximum Gasteiger partial charge on any atom is 0.0207 e. The first-order chi connectivity index (χ1) is 7.76. The van der Waals surface area contributed by atoms with E-state index in [1.807, 2.05) is 6.08 Å². The van der Waals surface area contributed by atoms with Crippen LogP contribution in [0.4, 0.5) is 0 Å². The maximum atomic E-state index is 3.74. The lowest BCUT2D eigenvalue weighted by Crippen LogP contribution is -2.25. The number of nitrogens with one attached hydrogen (secondary N) is 1. The van der Waals surface area contributed by atoms with Gasteiger partial charge in [-0.3, -0.25) is 0 Å². The van der Waals surface area contributed by atoms with Crippen LogP contribution in [0.25, 0.3) is 0 Å². The predicted molar refractivity (Wildman–Crippen MR) is 71.6 cm³/mol. The number of hydrogen-bond donors (Lipinski definition) is 1. The molecule has 0 radical (unpaired) electrons. The number of rotatable bonds is 7. The van der Waals surface area contributed by atoms with Crippen molar-refractivity contribution in [1.29, 1.82) is 0 Å². The molecule has 0 bridgehead atoms. The lowest BCUT2D eigenvalue weighted by molar-refractivity contribution is 0.518. The van der Waals surface area contributed by atoms with Crippen molar-refractivity contribution < 1.29 is 0 Å². The van der Waals surface area contributed by atoms with E-state index in [0.29, 0.717) is 6.04 Å². The van der Waals surface area contributed by atoms with Gasteiger partial charge in [-0.25, -0.2) is 0 Å². The molecule has 0 amide bonds. The van der Waals surface area contributed by atoms with Crippen LogP contribution in [0, 0.1) is 0 Å². The predicted octanol–water partition coefficient (Wildman–Crippen LogP) is 3.69. The van der Waals surface area contributed by atoms with Gasteiger partial charge in [0.05, 0.1) is 0 Å². The second-order valence-electron chi connectivity index (χ2n) is 4.32. The molecule has 0 fully saturated rings. The van der Waals surface area contributed by atoms with E-state index in [0.717, 1.165) is 25.8 Å². The summed E-state index contributed by atoms with van der Waals surface area (Å²) in [4.78, 5) is 0. The van der Waals surface area contributed by atoms with Crippen LogP contribution in [-0.2, 0) is 13.0 Å². The summed E-state index contributed by atoms with van der Waals surface area (Å²) in [5.74, 6) is 0. The molecule has 0 spiro atoms. The summed E-state index contributed by atoms with van der Waals surface area (Å²) in [6.07, 6.45) is 5.34. The van der Waals surface area contributed by atoms with Crippen molar-refractivity contribution in [3.63, 3.8) is 0 Å². The zero-order valence-electron chi connectivity index (χ0n) is 10.5. The summed E-state index contributed by atoms with van der Waals surface area (Å²) < 4.78 is 0. The SMILES string of the molecule is C=CCCC(C)NCc1ccc(CC)cc1. The van der Waals surface area contributed by atoms with E-state index < -0.39 is 0 Å². The highest BCUT2D eigenvalue weighted by molar-refractivity contribution is 5.22. The van der Waals surface area contributed by atoms with Crippen LogP contribution in [-0.4, -0.2) is 6.04 Å². The Morgan fingerprint density at radius 1 is 1.25 bits per heavy atom. The molecule has 1 rings (SSSR count). The summed E-state index contributed by atoms with van der Waals surface area (Å²) >= 11 is 0. The smallest absolute Gasteiger partial charge is 0.0207 e. The van der Waals surface area contributed by atoms with Gasteiger partial charge in [-0.05, 0) is 37.3 Å². The van der Waals surface area contributed by atoms with Gasteiger partial charge in [-0.15, -0.1) is 6.58 Å². The standard InChI is InChI=1S/C15H23N/c1-4-6-7-13(3)16-12-15-10-8-14(5-2)9-11-15/h4,8-11,13,16H,1,5-7,12H2,2-3H3. The molecule has 0 heterocycles. The lowest BCUT2D eigenvalue weighted by Gasteiger charge is -2.12. The number of aryl methyl sites for hydroxylation is 1. The Hall–Kier alpha value is -1.08. The maximum absolute atomic E-state index is 3.74. The molecule has 0 aliphatic heterocycles. The van der Waals surface area contributed by atoms with E-state index in [1.165, 1.54) is 11.1 Å². The van der Waals surface area contributed by atoms with E-state index in [4.69, 9.17) is 0 Å². The summed E-state index contributed by atoms with van der Waals surface area (Å²) in [7, 11) is 0. The zero-order chi connectivity index (χ0) is 11.8. The summed E-state index contributed by atoms with van der Waals surface area (Å²) in [6.45, 7) is 9.11. The van der Waals surface area contributed by atoms with Crippen LogP contribution >= 0.6 is 0 Å². The first-order valence-corrected chi connectivity index (χ1v) is 6.18. The van der Waals surface area contributed by atoms with Gasteiger partial charge in [-0.1, -0.05) is 37.3 Å². The van der Waals surface area contributed by atoms with Crippen LogP contribution in [0.2, 0.25) is 0 Å². The Morgan fingerprint density at radius 2 is 1.88 bits per heavy atom. The molecule has 1 heteroatoms. The summed E-state index contributed by atoms with van der Waals surface area (Å²) in [5.41, 5.74) is 2.77. The van der Waals surface area contributed by atoms with Gasteiger partial charge < -0.3 is 5.32 Å². The summed E-state index contributed by atoms with van der Waals surface area (Å²) in [5, 5.41) is 3.52. The van der Waals surface area contributed by atoms with Gasteiger partial charge in [-0.2, -0.15) is 0 Å². The van der Waals surface area contributed by atoms with E-state index in [1.54, 1.807) is 0 Å². The second-order valence-corrected chi connectivity index (χ2v) is 4.32. The number of benzene rings is 1. The highest BCUT2D eigenvalue weighted by Crippen LogP contribution is 2.06. The van der Waals surface area contributed by atoms with Gasteiger partial charge in [0.15, 0.2) is 0 Å². The molecule has 1 nitrogen and oxygen atoms in total. The third-order valence-corrected chi connectivity index (χ3v) is 2.89. The molecular formula is C15H23N. The average molecular weight is 217 g/mol. The molecule has 1 N–H and O–H groups in total. The van der Waals surface area contributed by atoms with Crippen molar-refractivity contribution in [3.05, 3.63) is 48.0 Å². The van der Waals surface area contributed by atoms with Gasteiger partial charge >= 0.3 is 0 Å². The number of allylic oxidation sites excluding steroid dienone is 1. The Bertz CT molecular complexity index is 300. The highest BCUT2D eigenvalue weighted by atomic mass is 14.9. The van der Waals surface area contributed by atoms with Crippen molar-refractivity contribution in [3.8, 4) is 0 Å². The minimum absolute atomic E-state index is 0.559. The Labute approximate surface area is 99.6 Å². The van der Waals surface area contributed by atoms with Crippen LogP contribution < -0.4 is 5.32 Å². The lowest BCUT2D eigenvalue weighted by atomic mass is 10.1. The van der Waals surface area contributed by atoms with Crippen molar-refractivity contribution >= 4 is 0 Å². The quantitative estimate of drug-likeness (QED) is 0.687. The Balaban J connectivity index is 2.33. The first kappa shape index (κ1) is 13.0. The summed E-state index contributed by atoms with van der Waals surface area (Å²) in [6, 6.07) is 9.42. The molecule has 1 unspecified atom stereocenters. The van der Waals surface area contributed by atoms with Crippen LogP contribution in [0.5, 0.6) is 0 Å². The Kier molecular flexibility index (Phi) is 5.87. The fourth-order valence-corrected chi connectivity index (χ4v) is 1.65. The molecule has 0 saturated carbocycles. The van der Waals surface area contributed by atoms with Crippen LogP contribution in [0.1, 0.15) is 37.8 Å². The second kappa shape index (κ2) is 7.24. The van der Waals surface area contributed by atoms with Gasteiger partial charge in [0, 0.05) is 12.6 Å². The van der Waals surface area contributed by atoms with Gasteiger partial charge in [0.2, 0.25) is 0 Å². The topological polar surface area (TPSA) is 12.0 Å². The highest BCUT2D eigenvalue weighted by Gasteiger charge is 2.00. The largest absolute Gasteiger partial charge is 0.310 e. The first-order valence-electron chi connectivity index (χ1n) is 6.18. The Morgan fingerprint density at radius 3 is 2.44 bits per heavy atom. The molecule has 1 aromatic carbocycles. The van der Waals surface area contributed by atoms with Crippen molar-refractivity contribution in [2.24, 2.45) is 0 Å². The molecule has 88 valence electrons. The third kappa shape index (κ3) is 4.63. The van der Waals surface area contributed by atoms with Crippen molar-refractivity contribution in [2.45, 2.75) is 45.7 Å². The molecule has 0 aliphatic rings. The monoisotopic (exact) mass is 217 g/mol. The minimum Gasteiger partial charge on any atom is -0.310 e. The molecule has 0 aliphatic carbocycles. The molecule has 16 heavy (non-hydrogen) atoms. The normalized spacial score (nSPS) is 12.4. The fraction of sp³-hybridized carbons (Fsp3) is 0.467. The fourth-order valence-electron chi connectivity index (χ4n) is 1.65.